The first kappa shape index (κ1) is 21.2. The molecule has 30 heavy (non-hydrogen) atoms. The van der Waals surface area contributed by atoms with Crippen LogP contribution in [0.4, 0.5) is 20.6 Å². The highest BCUT2D eigenvalue weighted by Crippen LogP contribution is 2.36. The largest absolute Gasteiger partial charge is 0.442 e. The van der Waals surface area contributed by atoms with Gasteiger partial charge in [-0.15, -0.1) is 0 Å². The molecule has 3 aliphatic rings. The van der Waals surface area contributed by atoms with Gasteiger partial charge in [0.1, 0.15) is 11.9 Å². The van der Waals surface area contributed by atoms with E-state index in [9.17, 15) is 14.0 Å². The maximum Gasteiger partial charge on any atom is 0.414 e. The fourth-order valence-electron chi connectivity index (χ4n) is 4.21. The number of benzene rings is 1. The highest BCUT2D eigenvalue weighted by molar-refractivity contribution is 7.99. The van der Waals surface area contributed by atoms with E-state index in [-0.39, 0.29) is 30.4 Å². The van der Waals surface area contributed by atoms with Gasteiger partial charge in [0.25, 0.3) is 0 Å². The summed E-state index contributed by atoms with van der Waals surface area (Å²) in [6.45, 7) is 4.24. The number of halogens is 1. The molecule has 0 saturated carbocycles. The molecule has 0 aliphatic carbocycles. The molecule has 0 radical (unpaired) electrons. The second kappa shape index (κ2) is 9.01. The summed E-state index contributed by atoms with van der Waals surface area (Å²) < 4.78 is 26.4. The Hall–Kier alpha value is -2.00. The molecule has 0 aromatic heterocycles. The average Bonchev–Trinajstić information content (AvgIpc) is 2.95. The van der Waals surface area contributed by atoms with E-state index in [0.717, 1.165) is 50.5 Å². The quantitative estimate of drug-likeness (QED) is 0.781. The predicted molar refractivity (Wildman–Crippen MR) is 115 cm³/mol. The van der Waals surface area contributed by atoms with Gasteiger partial charge in [-0.3, -0.25) is 9.69 Å². The van der Waals surface area contributed by atoms with Crippen molar-refractivity contribution in [1.29, 1.82) is 0 Å². The van der Waals surface area contributed by atoms with E-state index in [0.29, 0.717) is 11.4 Å². The topological polar surface area (TPSA) is 71.1 Å². The number of anilines is 2. The Balaban J connectivity index is 1.39. The predicted octanol–water partition coefficient (Wildman–Crippen LogP) is 2.78. The Kier molecular flexibility index (Phi) is 6.38. The molecule has 1 atom stereocenters. The fourth-order valence-corrected chi connectivity index (χ4v) is 5.42. The van der Waals surface area contributed by atoms with Crippen molar-refractivity contribution in [1.82, 2.24) is 5.32 Å². The summed E-state index contributed by atoms with van der Waals surface area (Å²) in [6, 6.07) is 4.88. The number of rotatable bonds is 4. The number of nitrogens with zero attached hydrogens (tertiary/aromatic N) is 2. The second-order valence-electron chi connectivity index (χ2n) is 8.11. The summed E-state index contributed by atoms with van der Waals surface area (Å²) in [6.07, 6.45) is 1.91. The molecule has 9 heteroatoms. The van der Waals surface area contributed by atoms with Gasteiger partial charge < -0.3 is 19.7 Å². The minimum absolute atomic E-state index is 0.0731. The lowest BCUT2D eigenvalue weighted by Gasteiger charge is -2.41. The summed E-state index contributed by atoms with van der Waals surface area (Å²) in [4.78, 5) is 26.7. The number of piperidine rings is 1. The van der Waals surface area contributed by atoms with Crippen molar-refractivity contribution in [3.8, 4) is 0 Å². The zero-order chi connectivity index (χ0) is 21.1. The van der Waals surface area contributed by atoms with Crippen LogP contribution in [-0.2, 0) is 14.3 Å². The van der Waals surface area contributed by atoms with Gasteiger partial charge in [-0.2, -0.15) is 11.8 Å². The molecule has 3 saturated heterocycles. The van der Waals surface area contributed by atoms with Crippen molar-refractivity contribution in [3.63, 3.8) is 0 Å². The number of hydrogen-bond donors (Lipinski definition) is 1. The minimum Gasteiger partial charge on any atom is -0.442 e. The number of ether oxygens (including phenoxy) is 2. The van der Waals surface area contributed by atoms with Crippen molar-refractivity contribution in [2.75, 3.05) is 54.1 Å². The number of cyclic esters (lactones) is 1. The van der Waals surface area contributed by atoms with Gasteiger partial charge in [0, 0.05) is 32.4 Å². The zero-order valence-corrected chi connectivity index (χ0v) is 18.0. The van der Waals surface area contributed by atoms with E-state index in [4.69, 9.17) is 9.47 Å². The SMILES string of the molecule is CC(=O)NCC1CN(c2ccc(N3CCC4(CC3)CSCCCO4)c(F)c2)C(=O)O1. The molecule has 0 bridgehead atoms. The van der Waals surface area contributed by atoms with Crippen molar-refractivity contribution in [2.24, 2.45) is 0 Å². The third kappa shape index (κ3) is 4.67. The lowest BCUT2D eigenvalue weighted by atomic mass is 9.92. The maximum absolute atomic E-state index is 15.0. The first-order chi connectivity index (χ1) is 14.5. The summed E-state index contributed by atoms with van der Waals surface area (Å²) in [5.41, 5.74) is 0.942. The Bertz CT molecular complexity index is 790. The number of nitrogens with one attached hydrogen (secondary N) is 1. The van der Waals surface area contributed by atoms with Crippen LogP contribution < -0.4 is 15.1 Å². The lowest BCUT2D eigenvalue weighted by Crippen LogP contribution is -2.47. The average molecular weight is 438 g/mol. The first-order valence-corrected chi connectivity index (χ1v) is 11.6. The molecule has 1 unspecified atom stereocenters. The van der Waals surface area contributed by atoms with Crippen LogP contribution in [0.5, 0.6) is 0 Å². The van der Waals surface area contributed by atoms with Crippen molar-refractivity contribution in [2.45, 2.75) is 37.9 Å². The maximum atomic E-state index is 15.0. The van der Waals surface area contributed by atoms with Gasteiger partial charge in [-0.25, -0.2) is 9.18 Å². The molecule has 4 rings (SSSR count). The van der Waals surface area contributed by atoms with Crippen LogP contribution >= 0.6 is 11.8 Å². The molecule has 1 N–H and O–H groups in total. The summed E-state index contributed by atoms with van der Waals surface area (Å²) >= 11 is 1.95. The van der Waals surface area contributed by atoms with E-state index in [2.05, 4.69) is 10.2 Å². The van der Waals surface area contributed by atoms with Crippen molar-refractivity contribution in [3.05, 3.63) is 24.0 Å². The molecule has 3 heterocycles. The lowest BCUT2D eigenvalue weighted by molar-refractivity contribution is -0.119. The molecule has 164 valence electrons. The molecule has 1 spiro atoms. The van der Waals surface area contributed by atoms with Gasteiger partial charge in [-0.05, 0) is 43.2 Å². The first-order valence-electron chi connectivity index (χ1n) is 10.4. The Morgan fingerprint density at radius 3 is 2.90 bits per heavy atom. The number of carbonyl (C=O) groups is 2. The van der Waals surface area contributed by atoms with Crippen LogP contribution in [0.1, 0.15) is 26.2 Å². The van der Waals surface area contributed by atoms with E-state index in [1.165, 1.54) is 17.9 Å². The molecule has 1 aromatic rings. The fraction of sp³-hybridized carbons (Fsp3) is 0.619. The van der Waals surface area contributed by atoms with E-state index in [1.807, 2.05) is 11.8 Å². The smallest absolute Gasteiger partial charge is 0.414 e. The van der Waals surface area contributed by atoms with E-state index in [1.54, 1.807) is 12.1 Å². The van der Waals surface area contributed by atoms with Gasteiger partial charge in [0.15, 0.2) is 0 Å². The summed E-state index contributed by atoms with van der Waals surface area (Å²) in [7, 11) is 0. The second-order valence-corrected chi connectivity index (χ2v) is 9.22. The third-order valence-corrected chi connectivity index (χ3v) is 7.23. The molecule has 2 amide bonds. The van der Waals surface area contributed by atoms with Crippen LogP contribution in [0.15, 0.2) is 18.2 Å². The third-order valence-electron chi connectivity index (χ3n) is 5.92. The molecule has 1 aromatic carbocycles. The van der Waals surface area contributed by atoms with Crippen molar-refractivity contribution >= 4 is 35.1 Å². The van der Waals surface area contributed by atoms with Crippen LogP contribution in [0, 0.1) is 5.82 Å². The van der Waals surface area contributed by atoms with E-state index < -0.39 is 12.2 Å². The van der Waals surface area contributed by atoms with E-state index >= 15 is 0 Å². The van der Waals surface area contributed by atoms with Crippen LogP contribution in [-0.4, -0.2) is 68.0 Å². The molecule has 7 nitrogen and oxygen atoms in total. The van der Waals surface area contributed by atoms with Crippen molar-refractivity contribution < 1.29 is 23.5 Å². The van der Waals surface area contributed by atoms with Crippen LogP contribution in [0.2, 0.25) is 0 Å². The van der Waals surface area contributed by atoms with Gasteiger partial charge in [0.2, 0.25) is 5.91 Å². The molecule has 3 fully saturated rings. The number of carbonyl (C=O) groups excluding carboxylic acids is 2. The Morgan fingerprint density at radius 1 is 1.37 bits per heavy atom. The zero-order valence-electron chi connectivity index (χ0n) is 17.2. The number of thioether (sulfide) groups is 1. The molecule has 3 aliphatic heterocycles. The van der Waals surface area contributed by atoms with Gasteiger partial charge in [-0.1, -0.05) is 0 Å². The van der Waals surface area contributed by atoms with Crippen LogP contribution in [0.25, 0.3) is 0 Å². The summed E-state index contributed by atoms with van der Waals surface area (Å²) in [5.74, 6) is 1.62. The molecular formula is C21H28FN3O4S. The molecular weight excluding hydrogens is 409 g/mol. The number of hydrogen-bond acceptors (Lipinski definition) is 6. The van der Waals surface area contributed by atoms with Gasteiger partial charge >= 0.3 is 6.09 Å². The Morgan fingerprint density at radius 2 is 2.17 bits per heavy atom. The minimum atomic E-state index is -0.527. The Labute approximate surface area is 180 Å². The van der Waals surface area contributed by atoms with Crippen LogP contribution in [0.3, 0.4) is 0 Å². The summed E-state index contributed by atoms with van der Waals surface area (Å²) in [5, 5.41) is 2.64. The normalized spacial score (nSPS) is 23.9. The highest BCUT2D eigenvalue weighted by Gasteiger charge is 2.37. The standard InChI is InChI=1S/C21H28FN3O4S/c1-15(26)23-12-17-13-25(20(27)29-17)16-3-4-19(18(22)11-16)24-7-5-21(6-8-24)14-30-10-2-9-28-21/h3-4,11,17H,2,5-10,12-14H2,1H3,(H,23,26). The highest BCUT2D eigenvalue weighted by atomic mass is 32.2. The van der Waals surface area contributed by atoms with Gasteiger partial charge in [0.05, 0.1) is 30.1 Å². The monoisotopic (exact) mass is 437 g/mol. The number of amides is 2.